The summed E-state index contributed by atoms with van der Waals surface area (Å²) < 4.78 is 26.0. The molecule has 0 aliphatic heterocycles. The highest BCUT2D eigenvalue weighted by Gasteiger charge is 2.08. The van der Waals surface area contributed by atoms with Gasteiger partial charge in [0.15, 0.2) is 5.16 Å². The van der Waals surface area contributed by atoms with Gasteiger partial charge in [0.05, 0.1) is 12.9 Å². The molecule has 0 N–H and O–H groups in total. The molecule has 1 aromatic heterocycles. The van der Waals surface area contributed by atoms with Crippen LogP contribution in [-0.2, 0) is 20.9 Å². The van der Waals surface area contributed by atoms with Crippen molar-refractivity contribution in [2.45, 2.75) is 11.8 Å². The Kier molecular flexibility index (Phi) is 4.32. The number of rotatable bonds is 4. The molecule has 15 heavy (non-hydrogen) atoms. The number of aromatic nitrogens is 2. The lowest BCUT2D eigenvalue weighted by molar-refractivity contribution is 0.310. The maximum Gasteiger partial charge on any atom is 0.264 e. The monoisotopic (exact) mass is 268 g/mol. The van der Waals surface area contributed by atoms with Crippen molar-refractivity contribution in [1.82, 2.24) is 9.97 Å². The molecular weight excluding hydrogens is 260 g/mol. The Bertz CT molecular complexity index is 450. The van der Waals surface area contributed by atoms with Crippen LogP contribution in [0.15, 0.2) is 11.4 Å². The minimum Gasteiger partial charge on any atom is -0.265 e. The van der Waals surface area contributed by atoms with Crippen LogP contribution in [0.25, 0.3) is 0 Å². The van der Waals surface area contributed by atoms with Crippen LogP contribution in [0.5, 0.6) is 0 Å². The second-order valence-corrected chi connectivity index (χ2v) is 5.41. The summed E-state index contributed by atoms with van der Waals surface area (Å²) in [6.07, 6.45) is 4.24. The molecular formula is C7H9ClN2O3S2. The van der Waals surface area contributed by atoms with Gasteiger partial charge in [-0.05, 0) is 6.26 Å². The van der Waals surface area contributed by atoms with Crippen LogP contribution in [-0.4, -0.2) is 30.9 Å². The van der Waals surface area contributed by atoms with Crippen molar-refractivity contribution < 1.29 is 12.6 Å². The Morgan fingerprint density at radius 1 is 1.60 bits per heavy atom. The van der Waals surface area contributed by atoms with E-state index in [4.69, 9.17) is 11.6 Å². The fraction of sp³-hybridized carbons (Fsp3) is 0.429. The lowest BCUT2D eigenvalue weighted by Gasteiger charge is -2.03. The second-order valence-electron chi connectivity index (χ2n) is 2.64. The van der Waals surface area contributed by atoms with Crippen LogP contribution in [0.4, 0.5) is 0 Å². The van der Waals surface area contributed by atoms with E-state index < -0.39 is 10.1 Å². The van der Waals surface area contributed by atoms with Gasteiger partial charge in [0.1, 0.15) is 5.15 Å². The minimum absolute atomic E-state index is 0.147. The van der Waals surface area contributed by atoms with E-state index in [0.717, 1.165) is 6.26 Å². The lowest BCUT2D eigenvalue weighted by atomic mass is 10.4. The molecule has 0 unspecified atom stereocenters. The van der Waals surface area contributed by atoms with E-state index in [1.54, 1.807) is 0 Å². The van der Waals surface area contributed by atoms with Crippen LogP contribution >= 0.6 is 23.4 Å². The molecule has 84 valence electrons. The first-order valence-electron chi connectivity index (χ1n) is 3.82. The van der Waals surface area contributed by atoms with Gasteiger partial charge in [-0.15, -0.1) is 0 Å². The fourth-order valence-corrected chi connectivity index (χ4v) is 1.65. The Balaban J connectivity index is 2.79. The topological polar surface area (TPSA) is 69.2 Å². The molecule has 0 aromatic carbocycles. The number of nitrogens with zero attached hydrogens (tertiary/aromatic N) is 2. The Labute approximate surface area is 97.3 Å². The van der Waals surface area contributed by atoms with E-state index in [1.165, 1.54) is 18.0 Å². The van der Waals surface area contributed by atoms with Gasteiger partial charge in [0.2, 0.25) is 0 Å². The van der Waals surface area contributed by atoms with Gasteiger partial charge in [-0.2, -0.15) is 8.42 Å². The maximum atomic E-state index is 10.7. The molecule has 0 fully saturated rings. The van der Waals surface area contributed by atoms with Gasteiger partial charge in [0, 0.05) is 11.8 Å². The molecule has 8 heteroatoms. The van der Waals surface area contributed by atoms with Crippen LogP contribution in [0.3, 0.4) is 0 Å². The molecule has 0 atom stereocenters. The molecule has 1 rings (SSSR count). The summed E-state index contributed by atoms with van der Waals surface area (Å²) in [7, 11) is -3.47. The van der Waals surface area contributed by atoms with Gasteiger partial charge in [-0.1, -0.05) is 23.4 Å². The zero-order chi connectivity index (χ0) is 11.5. The predicted molar refractivity (Wildman–Crippen MR) is 58.5 cm³/mol. The summed E-state index contributed by atoms with van der Waals surface area (Å²) in [5.74, 6) is 0. The highest BCUT2D eigenvalue weighted by molar-refractivity contribution is 7.98. The van der Waals surface area contributed by atoms with E-state index in [9.17, 15) is 8.42 Å². The molecule has 0 spiro atoms. The average molecular weight is 269 g/mol. The molecule has 0 saturated carbocycles. The van der Waals surface area contributed by atoms with Gasteiger partial charge in [-0.25, -0.2) is 9.97 Å². The molecule has 0 saturated heterocycles. The summed E-state index contributed by atoms with van der Waals surface area (Å²) in [4.78, 5) is 7.89. The third-order valence-electron chi connectivity index (χ3n) is 1.40. The lowest BCUT2D eigenvalue weighted by Crippen LogP contribution is -2.04. The van der Waals surface area contributed by atoms with E-state index >= 15 is 0 Å². The summed E-state index contributed by atoms with van der Waals surface area (Å²) >= 11 is 7.15. The van der Waals surface area contributed by atoms with E-state index in [-0.39, 0.29) is 11.8 Å². The predicted octanol–water partition coefficient (Wildman–Crippen LogP) is 1.33. The largest absolute Gasteiger partial charge is 0.265 e. The van der Waals surface area contributed by atoms with Gasteiger partial charge < -0.3 is 0 Å². The maximum absolute atomic E-state index is 10.7. The average Bonchev–Trinajstić information content (AvgIpc) is 2.14. The minimum atomic E-state index is -3.47. The Morgan fingerprint density at radius 3 is 2.73 bits per heavy atom. The Morgan fingerprint density at radius 2 is 2.27 bits per heavy atom. The molecule has 0 bridgehead atoms. The van der Waals surface area contributed by atoms with Gasteiger partial charge in [0.25, 0.3) is 10.1 Å². The third-order valence-corrected chi connectivity index (χ3v) is 2.84. The van der Waals surface area contributed by atoms with Gasteiger partial charge in [-0.3, -0.25) is 4.18 Å². The van der Waals surface area contributed by atoms with Crippen LogP contribution in [0, 0.1) is 0 Å². The second kappa shape index (κ2) is 5.11. The molecule has 0 aliphatic carbocycles. The standard InChI is InChI=1S/C7H9ClN2O3S2/c1-14-7-9-3-5(6(8)10-7)4-13-15(2,11)12/h3H,4H2,1-2H3. The number of halogens is 1. The van der Waals surface area contributed by atoms with Crippen molar-refractivity contribution in [3.8, 4) is 0 Å². The number of thioether (sulfide) groups is 1. The molecule has 1 heterocycles. The van der Waals surface area contributed by atoms with Crippen LogP contribution in [0.1, 0.15) is 5.56 Å². The third kappa shape index (κ3) is 4.33. The molecule has 0 radical (unpaired) electrons. The van der Waals surface area contributed by atoms with Crippen molar-refractivity contribution in [3.05, 3.63) is 16.9 Å². The first kappa shape index (κ1) is 12.7. The SMILES string of the molecule is CSc1ncc(COS(C)(=O)=O)c(Cl)n1. The van der Waals surface area contributed by atoms with E-state index in [2.05, 4.69) is 14.2 Å². The zero-order valence-corrected chi connectivity index (χ0v) is 10.5. The summed E-state index contributed by atoms with van der Waals surface area (Å²) in [5.41, 5.74) is 0.444. The van der Waals surface area contributed by atoms with Crippen LogP contribution < -0.4 is 0 Å². The zero-order valence-electron chi connectivity index (χ0n) is 8.10. The smallest absolute Gasteiger partial charge is 0.264 e. The van der Waals surface area contributed by atoms with Crippen molar-refractivity contribution in [3.63, 3.8) is 0 Å². The molecule has 0 amide bonds. The van der Waals surface area contributed by atoms with Crippen molar-refractivity contribution >= 4 is 33.5 Å². The van der Waals surface area contributed by atoms with Crippen LogP contribution in [0.2, 0.25) is 5.15 Å². The first-order valence-corrected chi connectivity index (χ1v) is 7.24. The molecule has 5 nitrogen and oxygen atoms in total. The number of hydrogen-bond donors (Lipinski definition) is 0. The summed E-state index contributed by atoms with van der Waals surface area (Å²) in [5, 5.41) is 0.737. The first-order chi connectivity index (χ1) is 6.92. The van der Waals surface area contributed by atoms with E-state index in [1.807, 2.05) is 6.26 Å². The van der Waals surface area contributed by atoms with E-state index in [0.29, 0.717) is 10.7 Å². The quantitative estimate of drug-likeness (QED) is 0.355. The van der Waals surface area contributed by atoms with Gasteiger partial charge >= 0.3 is 0 Å². The Hall–Kier alpha value is -0.370. The fourth-order valence-electron chi connectivity index (χ4n) is 0.737. The molecule has 0 aliphatic rings. The summed E-state index contributed by atoms with van der Waals surface area (Å²) in [6, 6.07) is 0. The highest BCUT2D eigenvalue weighted by atomic mass is 35.5. The molecule has 1 aromatic rings. The normalized spacial score (nSPS) is 11.7. The van der Waals surface area contributed by atoms with Crippen molar-refractivity contribution in [1.29, 1.82) is 0 Å². The number of hydrogen-bond acceptors (Lipinski definition) is 6. The van der Waals surface area contributed by atoms with Crippen molar-refractivity contribution in [2.24, 2.45) is 0 Å². The van der Waals surface area contributed by atoms with Crippen molar-refractivity contribution in [2.75, 3.05) is 12.5 Å². The highest BCUT2D eigenvalue weighted by Crippen LogP contribution is 2.17. The summed E-state index contributed by atoms with van der Waals surface area (Å²) in [6.45, 7) is -0.147.